The maximum absolute atomic E-state index is 11.5. The van der Waals surface area contributed by atoms with Gasteiger partial charge in [0.2, 0.25) is 5.91 Å². The predicted molar refractivity (Wildman–Crippen MR) is 71.6 cm³/mol. The fourth-order valence-corrected chi connectivity index (χ4v) is 2.77. The van der Waals surface area contributed by atoms with Crippen LogP contribution in [0.1, 0.15) is 40.5 Å². The van der Waals surface area contributed by atoms with Gasteiger partial charge in [0.1, 0.15) is 0 Å². The number of nitrogens with zero attached hydrogens (tertiary/aromatic N) is 3. The summed E-state index contributed by atoms with van der Waals surface area (Å²) < 4.78 is 0. The van der Waals surface area contributed by atoms with Gasteiger partial charge in [-0.2, -0.15) is 5.12 Å². The van der Waals surface area contributed by atoms with Crippen molar-refractivity contribution in [3.63, 3.8) is 0 Å². The van der Waals surface area contributed by atoms with E-state index in [1.54, 1.807) is 0 Å². The Kier molecular flexibility index (Phi) is 3.94. The van der Waals surface area contributed by atoms with E-state index in [1.807, 2.05) is 0 Å². The SMILES string of the molecule is CCC1CC(=O)NN1N1CCN(C(C)(C)C)CC1. The summed E-state index contributed by atoms with van der Waals surface area (Å²) >= 11 is 0. The molecule has 1 amide bonds. The molecule has 2 heterocycles. The Morgan fingerprint density at radius 1 is 1.22 bits per heavy atom. The molecule has 2 fully saturated rings. The Morgan fingerprint density at radius 3 is 2.33 bits per heavy atom. The zero-order valence-corrected chi connectivity index (χ0v) is 12.1. The third-order valence-corrected chi connectivity index (χ3v) is 3.99. The molecule has 0 aliphatic carbocycles. The van der Waals surface area contributed by atoms with E-state index in [1.165, 1.54) is 0 Å². The van der Waals surface area contributed by atoms with Crippen molar-refractivity contribution in [2.75, 3.05) is 26.2 Å². The van der Waals surface area contributed by atoms with Crippen molar-refractivity contribution in [3.8, 4) is 0 Å². The largest absolute Gasteiger partial charge is 0.296 e. The van der Waals surface area contributed by atoms with Crippen LogP contribution in [-0.2, 0) is 4.79 Å². The summed E-state index contributed by atoms with van der Waals surface area (Å²) in [5.41, 5.74) is 3.22. The van der Waals surface area contributed by atoms with Crippen LogP contribution in [0.2, 0.25) is 0 Å². The van der Waals surface area contributed by atoms with Crippen molar-refractivity contribution >= 4 is 5.91 Å². The maximum Gasteiger partial charge on any atom is 0.237 e. The Labute approximate surface area is 110 Å². The van der Waals surface area contributed by atoms with Crippen molar-refractivity contribution in [3.05, 3.63) is 0 Å². The van der Waals surface area contributed by atoms with E-state index in [-0.39, 0.29) is 11.4 Å². The second-order valence-electron chi connectivity index (χ2n) is 6.26. The van der Waals surface area contributed by atoms with Gasteiger partial charge in [0, 0.05) is 38.1 Å². The normalized spacial score (nSPS) is 28.7. The molecule has 2 aliphatic heterocycles. The minimum Gasteiger partial charge on any atom is -0.296 e. The molecule has 1 atom stereocenters. The summed E-state index contributed by atoms with van der Waals surface area (Å²) in [6.07, 6.45) is 1.65. The number of rotatable bonds is 2. The third kappa shape index (κ3) is 2.84. The van der Waals surface area contributed by atoms with Crippen LogP contribution in [0, 0.1) is 0 Å². The van der Waals surface area contributed by atoms with Crippen LogP contribution in [0.15, 0.2) is 0 Å². The zero-order chi connectivity index (χ0) is 13.3. The number of carbonyl (C=O) groups excluding carboxylic acids is 1. The molecule has 5 nitrogen and oxygen atoms in total. The molecule has 0 aromatic heterocycles. The van der Waals surface area contributed by atoms with Crippen molar-refractivity contribution in [1.29, 1.82) is 0 Å². The smallest absolute Gasteiger partial charge is 0.237 e. The molecule has 0 saturated carbocycles. The van der Waals surface area contributed by atoms with E-state index >= 15 is 0 Å². The molecule has 0 aromatic rings. The summed E-state index contributed by atoms with van der Waals surface area (Å²) in [5, 5.41) is 4.36. The van der Waals surface area contributed by atoms with Gasteiger partial charge in [-0.25, -0.2) is 5.01 Å². The number of hydrogen-bond acceptors (Lipinski definition) is 4. The Bertz CT molecular complexity index is 305. The van der Waals surface area contributed by atoms with Crippen LogP contribution in [0.25, 0.3) is 0 Å². The lowest BCUT2D eigenvalue weighted by Crippen LogP contribution is -2.60. The summed E-state index contributed by atoms with van der Waals surface area (Å²) in [6, 6.07) is 0.332. The van der Waals surface area contributed by atoms with Crippen molar-refractivity contribution in [2.45, 2.75) is 52.1 Å². The van der Waals surface area contributed by atoms with E-state index < -0.39 is 0 Å². The summed E-state index contributed by atoms with van der Waals surface area (Å²) in [5.74, 6) is 0.153. The second kappa shape index (κ2) is 5.15. The van der Waals surface area contributed by atoms with Gasteiger partial charge >= 0.3 is 0 Å². The highest BCUT2D eigenvalue weighted by Gasteiger charge is 2.35. The number of amides is 1. The van der Waals surface area contributed by atoms with Crippen LogP contribution in [0.3, 0.4) is 0 Å². The van der Waals surface area contributed by atoms with Crippen LogP contribution in [0.5, 0.6) is 0 Å². The molecule has 18 heavy (non-hydrogen) atoms. The van der Waals surface area contributed by atoms with Crippen molar-refractivity contribution in [2.24, 2.45) is 0 Å². The number of carbonyl (C=O) groups is 1. The maximum atomic E-state index is 11.5. The van der Waals surface area contributed by atoms with Crippen molar-refractivity contribution in [1.82, 2.24) is 20.5 Å². The number of piperazine rings is 1. The quantitative estimate of drug-likeness (QED) is 0.792. The van der Waals surface area contributed by atoms with Gasteiger partial charge in [-0.05, 0) is 27.2 Å². The van der Waals surface area contributed by atoms with Gasteiger partial charge in [-0.1, -0.05) is 6.92 Å². The summed E-state index contributed by atoms with van der Waals surface area (Å²) in [4.78, 5) is 14.0. The highest BCUT2D eigenvalue weighted by atomic mass is 16.2. The first-order valence-corrected chi connectivity index (χ1v) is 7.00. The number of nitrogens with one attached hydrogen (secondary N) is 1. The van der Waals surface area contributed by atoms with Crippen LogP contribution in [-0.4, -0.2) is 58.7 Å². The van der Waals surface area contributed by atoms with Crippen LogP contribution < -0.4 is 5.43 Å². The van der Waals surface area contributed by atoms with Gasteiger partial charge in [0.15, 0.2) is 0 Å². The van der Waals surface area contributed by atoms with E-state index in [2.05, 4.69) is 48.1 Å². The third-order valence-electron chi connectivity index (χ3n) is 3.99. The minimum atomic E-state index is 0.153. The van der Waals surface area contributed by atoms with Gasteiger partial charge in [0.05, 0.1) is 6.04 Å². The number of hydrogen-bond donors (Lipinski definition) is 1. The lowest BCUT2D eigenvalue weighted by atomic mass is 10.1. The van der Waals surface area contributed by atoms with Gasteiger partial charge in [0.25, 0.3) is 0 Å². The molecular weight excluding hydrogens is 228 g/mol. The highest BCUT2D eigenvalue weighted by Crippen LogP contribution is 2.20. The molecule has 2 aliphatic rings. The average Bonchev–Trinajstić information content (AvgIpc) is 2.69. The molecule has 0 aromatic carbocycles. The van der Waals surface area contributed by atoms with Crippen molar-refractivity contribution < 1.29 is 4.79 Å². The highest BCUT2D eigenvalue weighted by molar-refractivity contribution is 5.77. The first kappa shape index (κ1) is 13.8. The second-order valence-corrected chi connectivity index (χ2v) is 6.26. The fraction of sp³-hybridized carbons (Fsp3) is 0.923. The van der Waals surface area contributed by atoms with E-state index in [0.29, 0.717) is 12.5 Å². The molecular formula is C13H26N4O. The first-order chi connectivity index (χ1) is 8.41. The van der Waals surface area contributed by atoms with Crippen LogP contribution >= 0.6 is 0 Å². The molecule has 2 rings (SSSR count). The van der Waals surface area contributed by atoms with E-state index in [9.17, 15) is 4.79 Å². The van der Waals surface area contributed by atoms with Gasteiger partial charge in [-0.15, -0.1) is 0 Å². The van der Waals surface area contributed by atoms with Crippen LogP contribution in [0.4, 0.5) is 0 Å². The molecule has 104 valence electrons. The molecule has 0 spiro atoms. The molecule has 5 heteroatoms. The minimum absolute atomic E-state index is 0.153. The van der Waals surface area contributed by atoms with E-state index in [4.69, 9.17) is 0 Å². The standard InChI is InChI=1S/C13H26N4O/c1-5-11-10-12(18)14-17(11)16-8-6-15(7-9-16)13(2,3)4/h11H,5-10H2,1-4H3,(H,14,18). The molecule has 0 bridgehead atoms. The molecule has 2 saturated heterocycles. The predicted octanol–water partition coefficient (Wildman–Crippen LogP) is 0.833. The summed E-state index contributed by atoms with van der Waals surface area (Å²) in [6.45, 7) is 13.0. The molecule has 1 N–H and O–H groups in total. The summed E-state index contributed by atoms with van der Waals surface area (Å²) in [7, 11) is 0. The molecule has 1 unspecified atom stereocenters. The lowest BCUT2D eigenvalue weighted by Gasteiger charge is -2.45. The Hall–Kier alpha value is -0.650. The fourth-order valence-electron chi connectivity index (χ4n) is 2.77. The first-order valence-electron chi connectivity index (χ1n) is 7.00. The monoisotopic (exact) mass is 254 g/mol. The van der Waals surface area contributed by atoms with E-state index in [0.717, 1.165) is 32.6 Å². The lowest BCUT2D eigenvalue weighted by molar-refractivity contribution is -0.134. The Morgan fingerprint density at radius 2 is 1.83 bits per heavy atom. The molecule has 0 radical (unpaired) electrons. The zero-order valence-electron chi connectivity index (χ0n) is 12.1. The van der Waals surface area contributed by atoms with Gasteiger partial charge < -0.3 is 0 Å². The van der Waals surface area contributed by atoms with Gasteiger partial charge in [-0.3, -0.25) is 15.1 Å². The Balaban J connectivity index is 1.91. The number of hydrazine groups is 2. The topological polar surface area (TPSA) is 38.8 Å². The average molecular weight is 254 g/mol.